The van der Waals surface area contributed by atoms with Gasteiger partial charge in [0.05, 0.1) is 0 Å². The van der Waals surface area contributed by atoms with Gasteiger partial charge in [-0.05, 0) is 6.42 Å². The summed E-state index contributed by atoms with van der Waals surface area (Å²) < 4.78 is 28.1. The standard InChI is InChI=1S/C8H12F2O2/c1-3-4-7(5-8(9)10)12-6(2)11/h5,7H,3-4H2,1-2H3. The van der Waals surface area contributed by atoms with Gasteiger partial charge in [-0.25, -0.2) is 0 Å². The van der Waals surface area contributed by atoms with E-state index in [0.29, 0.717) is 18.9 Å². The minimum absolute atomic E-state index is 0.428. The third-order valence-corrected chi connectivity index (χ3v) is 1.20. The Morgan fingerprint density at radius 1 is 1.58 bits per heavy atom. The van der Waals surface area contributed by atoms with Crippen molar-refractivity contribution >= 4 is 5.97 Å². The van der Waals surface area contributed by atoms with Crippen LogP contribution in [0, 0.1) is 0 Å². The molecule has 0 aliphatic heterocycles. The summed E-state index contributed by atoms with van der Waals surface area (Å²) in [5, 5.41) is 0. The lowest BCUT2D eigenvalue weighted by molar-refractivity contribution is -0.144. The van der Waals surface area contributed by atoms with Crippen molar-refractivity contribution in [3.63, 3.8) is 0 Å². The third kappa shape index (κ3) is 5.82. The Morgan fingerprint density at radius 2 is 2.17 bits per heavy atom. The summed E-state index contributed by atoms with van der Waals surface area (Å²) in [4.78, 5) is 10.4. The normalized spacial score (nSPS) is 12.0. The lowest BCUT2D eigenvalue weighted by Gasteiger charge is -2.10. The first kappa shape index (κ1) is 11.1. The second-order valence-electron chi connectivity index (χ2n) is 2.39. The highest BCUT2D eigenvalue weighted by molar-refractivity contribution is 5.66. The van der Waals surface area contributed by atoms with Crippen LogP contribution in [0.5, 0.6) is 0 Å². The summed E-state index contributed by atoms with van der Waals surface area (Å²) in [6.07, 6.45) is -0.809. The van der Waals surface area contributed by atoms with Crippen molar-refractivity contribution in [3.05, 3.63) is 12.2 Å². The molecule has 0 amide bonds. The lowest BCUT2D eigenvalue weighted by Crippen LogP contribution is -2.13. The molecule has 0 aromatic carbocycles. The molecule has 0 bridgehead atoms. The van der Waals surface area contributed by atoms with Gasteiger partial charge in [-0.1, -0.05) is 13.3 Å². The van der Waals surface area contributed by atoms with Crippen molar-refractivity contribution in [2.45, 2.75) is 32.8 Å². The first-order valence-electron chi connectivity index (χ1n) is 3.76. The summed E-state index contributed by atoms with van der Waals surface area (Å²) in [6, 6.07) is 0. The van der Waals surface area contributed by atoms with Crippen LogP contribution in [0.1, 0.15) is 26.7 Å². The average Bonchev–Trinajstić information content (AvgIpc) is 1.84. The molecular weight excluding hydrogens is 166 g/mol. The van der Waals surface area contributed by atoms with Gasteiger partial charge in [-0.15, -0.1) is 0 Å². The molecule has 0 aromatic rings. The highest BCUT2D eigenvalue weighted by Crippen LogP contribution is 2.09. The predicted molar refractivity (Wildman–Crippen MR) is 40.8 cm³/mol. The van der Waals surface area contributed by atoms with Crippen LogP contribution in [-0.2, 0) is 9.53 Å². The van der Waals surface area contributed by atoms with E-state index in [4.69, 9.17) is 0 Å². The fourth-order valence-electron chi connectivity index (χ4n) is 0.814. The Kier molecular flexibility index (Phi) is 5.25. The maximum absolute atomic E-state index is 11.7. The van der Waals surface area contributed by atoms with Crippen molar-refractivity contribution in [1.82, 2.24) is 0 Å². The fraction of sp³-hybridized carbons (Fsp3) is 0.625. The summed E-state index contributed by atoms with van der Waals surface area (Å²) in [6.45, 7) is 3.03. The quantitative estimate of drug-likeness (QED) is 0.618. The van der Waals surface area contributed by atoms with Crippen LogP contribution in [0.25, 0.3) is 0 Å². The van der Waals surface area contributed by atoms with Crippen molar-refractivity contribution in [3.8, 4) is 0 Å². The number of carbonyl (C=O) groups excluding carboxylic acids is 1. The molecule has 1 unspecified atom stereocenters. The monoisotopic (exact) mass is 178 g/mol. The smallest absolute Gasteiger partial charge is 0.303 e. The molecule has 4 heteroatoms. The topological polar surface area (TPSA) is 26.3 Å². The number of carbonyl (C=O) groups is 1. The van der Waals surface area contributed by atoms with Crippen LogP contribution < -0.4 is 0 Å². The van der Waals surface area contributed by atoms with Crippen molar-refractivity contribution in [2.75, 3.05) is 0 Å². The predicted octanol–water partition coefficient (Wildman–Crippen LogP) is 2.50. The number of ether oxygens (including phenoxy) is 1. The molecule has 0 radical (unpaired) electrons. The van der Waals surface area contributed by atoms with E-state index in [-0.39, 0.29) is 0 Å². The third-order valence-electron chi connectivity index (χ3n) is 1.20. The van der Waals surface area contributed by atoms with E-state index in [1.807, 2.05) is 6.92 Å². The number of rotatable bonds is 4. The molecule has 0 fully saturated rings. The number of hydrogen-bond acceptors (Lipinski definition) is 2. The van der Waals surface area contributed by atoms with Crippen molar-refractivity contribution in [1.29, 1.82) is 0 Å². The van der Waals surface area contributed by atoms with Gasteiger partial charge in [0.1, 0.15) is 6.10 Å². The zero-order valence-electron chi connectivity index (χ0n) is 7.14. The molecule has 0 rings (SSSR count). The molecule has 1 atom stereocenters. The van der Waals surface area contributed by atoms with Crippen LogP contribution in [0.15, 0.2) is 12.2 Å². The molecule has 12 heavy (non-hydrogen) atoms. The van der Waals surface area contributed by atoms with E-state index in [0.717, 1.165) is 0 Å². The van der Waals surface area contributed by atoms with E-state index in [1.165, 1.54) is 6.92 Å². The average molecular weight is 178 g/mol. The van der Waals surface area contributed by atoms with E-state index in [2.05, 4.69) is 4.74 Å². The largest absolute Gasteiger partial charge is 0.458 e. The molecule has 0 saturated heterocycles. The molecule has 70 valence electrons. The molecule has 0 spiro atoms. The van der Waals surface area contributed by atoms with Crippen LogP contribution in [0.4, 0.5) is 8.78 Å². The minimum atomic E-state index is -1.81. The summed E-state index contributed by atoms with van der Waals surface area (Å²) in [5.74, 6) is -0.536. The molecule has 0 aromatic heterocycles. The Morgan fingerprint density at radius 3 is 2.50 bits per heavy atom. The first-order valence-corrected chi connectivity index (χ1v) is 3.76. The second kappa shape index (κ2) is 5.69. The molecule has 2 nitrogen and oxygen atoms in total. The minimum Gasteiger partial charge on any atom is -0.458 e. The van der Waals surface area contributed by atoms with E-state index in [1.54, 1.807) is 0 Å². The zero-order valence-corrected chi connectivity index (χ0v) is 7.14. The molecular formula is C8H12F2O2. The van der Waals surface area contributed by atoms with E-state index >= 15 is 0 Å². The van der Waals surface area contributed by atoms with Gasteiger partial charge in [0.2, 0.25) is 0 Å². The maximum Gasteiger partial charge on any atom is 0.303 e. The van der Waals surface area contributed by atoms with Crippen LogP contribution >= 0.6 is 0 Å². The Labute approximate surface area is 70.2 Å². The van der Waals surface area contributed by atoms with Crippen molar-refractivity contribution in [2.24, 2.45) is 0 Å². The van der Waals surface area contributed by atoms with Gasteiger partial charge in [0.15, 0.2) is 0 Å². The van der Waals surface area contributed by atoms with Gasteiger partial charge in [0, 0.05) is 13.0 Å². The first-order chi connectivity index (χ1) is 5.56. The van der Waals surface area contributed by atoms with E-state index < -0.39 is 18.2 Å². The zero-order chi connectivity index (χ0) is 9.56. The Bertz CT molecular complexity index is 174. The SMILES string of the molecule is CCCC(C=C(F)F)OC(C)=O. The summed E-state index contributed by atoms with van der Waals surface area (Å²) in [5.41, 5.74) is 0. The number of hydrogen-bond donors (Lipinski definition) is 0. The summed E-state index contributed by atoms with van der Waals surface area (Å²) in [7, 11) is 0. The second-order valence-corrected chi connectivity index (χ2v) is 2.39. The van der Waals surface area contributed by atoms with Gasteiger partial charge >= 0.3 is 5.97 Å². The van der Waals surface area contributed by atoms with Crippen molar-refractivity contribution < 1.29 is 18.3 Å². The molecule has 0 saturated carbocycles. The fourth-order valence-corrected chi connectivity index (χ4v) is 0.814. The molecule has 0 N–H and O–H groups in total. The maximum atomic E-state index is 11.7. The van der Waals surface area contributed by atoms with Crippen LogP contribution in [0.2, 0.25) is 0 Å². The molecule has 0 aliphatic rings. The van der Waals surface area contributed by atoms with E-state index in [9.17, 15) is 13.6 Å². The van der Waals surface area contributed by atoms with Gasteiger partial charge < -0.3 is 4.74 Å². The Hall–Kier alpha value is -0.930. The summed E-state index contributed by atoms with van der Waals surface area (Å²) >= 11 is 0. The van der Waals surface area contributed by atoms with Gasteiger partial charge in [0.25, 0.3) is 6.08 Å². The molecule has 0 heterocycles. The highest BCUT2D eigenvalue weighted by Gasteiger charge is 2.09. The number of halogens is 2. The highest BCUT2D eigenvalue weighted by atomic mass is 19.3. The molecule has 0 aliphatic carbocycles. The van der Waals surface area contributed by atoms with Crippen LogP contribution in [0.3, 0.4) is 0 Å². The van der Waals surface area contributed by atoms with Gasteiger partial charge in [-0.3, -0.25) is 4.79 Å². The number of esters is 1. The van der Waals surface area contributed by atoms with Gasteiger partial charge in [-0.2, -0.15) is 8.78 Å². The van der Waals surface area contributed by atoms with Crippen LogP contribution in [-0.4, -0.2) is 12.1 Å². The lowest BCUT2D eigenvalue weighted by atomic mass is 10.2. The Balaban J connectivity index is 4.04.